The highest BCUT2D eigenvalue weighted by molar-refractivity contribution is 5.24. The van der Waals surface area contributed by atoms with Gasteiger partial charge in [0.05, 0.1) is 11.5 Å². The maximum atomic E-state index is 10.4. The molecular weight excluding hydrogens is 182 g/mol. The predicted molar refractivity (Wildman–Crippen MR) is 52.9 cm³/mol. The molecule has 0 aliphatic heterocycles. The van der Waals surface area contributed by atoms with Crippen molar-refractivity contribution in [1.82, 2.24) is 0 Å². The van der Waals surface area contributed by atoms with Gasteiger partial charge in [-0.05, 0) is 12.5 Å². The van der Waals surface area contributed by atoms with E-state index in [-0.39, 0.29) is 10.6 Å². The molecule has 0 fully saturated rings. The first-order chi connectivity index (χ1) is 6.74. The molecule has 14 heavy (non-hydrogen) atoms. The Kier molecular flexibility index (Phi) is 4.16. The Bertz CT molecular complexity index is 269. The lowest BCUT2D eigenvalue weighted by atomic mass is 10.1. The summed E-state index contributed by atoms with van der Waals surface area (Å²) >= 11 is 0. The average Bonchev–Trinajstić information content (AvgIpc) is 2.19. The molecule has 0 heterocycles. The molecule has 0 N–H and O–H groups in total. The summed E-state index contributed by atoms with van der Waals surface area (Å²) in [6, 6.07) is 0. The van der Waals surface area contributed by atoms with E-state index >= 15 is 0 Å². The topological polar surface area (TPSA) is 52.4 Å². The van der Waals surface area contributed by atoms with Gasteiger partial charge in [0.1, 0.15) is 5.76 Å². The van der Waals surface area contributed by atoms with E-state index in [2.05, 4.69) is 6.92 Å². The maximum Gasteiger partial charge on any atom is 0.247 e. The van der Waals surface area contributed by atoms with Crippen LogP contribution in [0.1, 0.15) is 26.2 Å². The molecule has 0 atom stereocenters. The zero-order valence-corrected chi connectivity index (χ0v) is 8.23. The van der Waals surface area contributed by atoms with Gasteiger partial charge in [0, 0.05) is 18.9 Å². The SMILES string of the molecule is CCCCOC1=CC=C([N+](=O)[O-])C[CH]1. The van der Waals surface area contributed by atoms with E-state index in [1.165, 1.54) is 6.08 Å². The molecule has 0 unspecified atom stereocenters. The molecule has 0 aromatic carbocycles. The van der Waals surface area contributed by atoms with E-state index in [1.54, 1.807) is 12.5 Å². The number of nitro groups is 1. The molecule has 1 aliphatic carbocycles. The molecule has 4 heteroatoms. The van der Waals surface area contributed by atoms with Crippen LogP contribution in [0, 0.1) is 16.5 Å². The molecular formula is C10H14NO3. The van der Waals surface area contributed by atoms with Crippen molar-refractivity contribution in [2.75, 3.05) is 6.61 Å². The zero-order valence-electron chi connectivity index (χ0n) is 8.23. The second kappa shape index (κ2) is 5.42. The quantitative estimate of drug-likeness (QED) is 0.385. The number of ether oxygens (including phenoxy) is 1. The minimum Gasteiger partial charge on any atom is -0.498 e. The molecule has 0 amide bonds. The fourth-order valence-corrected chi connectivity index (χ4v) is 1.10. The lowest BCUT2D eigenvalue weighted by Crippen LogP contribution is -2.05. The molecule has 0 spiro atoms. The minimum absolute atomic E-state index is 0.216. The third-order valence-corrected chi connectivity index (χ3v) is 1.95. The Morgan fingerprint density at radius 3 is 2.86 bits per heavy atom. The van der Waals surface area contributed by atoms with Crippen LogP contribution in [0.4, 0.5) is 0 Å². The fraction of sp³-hybridized carbons (Fsp3) is 0.500. The van der Waals surface area contributed by atoms with Gasteiger partial charge in [-0.25, -0.2) is 0 Å². The van der Waals surface area contributed by atoms with Gasteiger partial charge in [0.15, 0.2) is 0 Å². The Morgan fingerprint density at radius 2 is 2.36 bits per heavy atom. The monoisotopic (exact) mass is 196 g/mol. The highest BCUT2D eigenvalue weighted by Gasteiger charge is 2.15. The summed E-state index contributed by atoms with van der Waals surface area (Å²) in [5.74, 6) is 0.740. The van der Waals surface area contributed by atoms with Gasteiger partial charge in [0.2, 0.25) is 5.70 Å². The van der Waals surface area contributed by atoms with Crippen LogP contribution in [0.5, 0.6) is 0 Å². The molecule has 0 saturated heterocycles. The highest BCUT2D eigenvalue weighted by Crippen LogP contribution is 2.18. The molecule has 1 rings (SSSR count). The van der Waals surface area contributed by atoms with Crippen LogP contribution in [0.2, 0.25) is 0 Å². The average molecular weight is 196 g/mol. The zero-order chi connectivity index (χ0) is 10.4. The maximum absolute atomic E-state index is 10.4. The molecule has 1 radical (unpaired) electrons. The number of hydrogen-bond donors (Lipinski definition) is 0. The summed E-state index contributed by atoms with van der Waals surface area (Å²) in [4.78, 5) is 10.0. The fourth-order valence-electron chi connectivity index (χ4n) is 1.10. The van der Waals surface area contributed by atoms with E-state index in [1.807, 2.05) is 0 Å². The van der Waals surface area contributed by atoms with Gasteiger partial charge in [-0.2, -0.15) is 0 Å². The molecule has 4 nitrogen and oxygen atoms in total. The van der Waals surface area contributed by atoms with Crippen LogP contribution < -0.4 is 0 Å². The van der Waals surface area contributed by atoms with Crippen molar-refractivity contribution in [2.45, 2.75) is 26.2 Å². The molecule has 77 valence electrons. The first-order valence-corrected chi connectivity index (χ1v) is 4.75. The van der Waals surface area contributed by atoms with E-state index in [9.17, 15) is 10.1 Å². The van der Waals surface area contributed by atoms with Crippen LogP contribution in [0.15, 0.2) is 23.6 Å². The largest absolute Gasteiger partial charge is 0.498 e. The van der Waals surface area contributed by atoms with Crippen molar-refractivity contribution in [3.63, 3.8) is 0 Å². The first kappa shape index (κ1) is 10.8. The van der Waals surface area contributed by atoms with Crippen molar-refractivity contribution >= 4 is 0 Å². The van der Waals surface area contributed by atoms with Crippen LogP contribution >= 0.6 is 0 Å². The summed E-state index contributed by atoms with van der Waals surface area (Å²) in [7, 11) is 0. The lowest BCUT2D eigenvalue weighted by Gasteiger charge is -2.11. The van der Waals surface area contributed by atoms with E-state index in [4.69, 9.17) is 4.74 Å². The summed E-state index contributed by atoms with van der Waals surface area (Å²) < 4.78 is 5.39. The Hall–Kier alpha value is -1.32. The minimum atomic E-state index is -0.365. The van der Waals surface area contributed by atoms with Gasteiger partial charge in [0.25, 0.3) is 0 Å². The van der Waals surface area contributed by atoms with Crippen LogP contribution in [0.3, 0.4) is 0 Å². The van der Waals surface area contributed by atoms with Crippen LogP contribution in [-0.4, -0.2) is 11.5 Å². The second-order valence-corrected chi connectivity index (χ2v) is 3.09. The smallest absolute Gasteiger partial charge is 0.247 e. The molecule has 0 aromatic heterocycles. The number of allylic oxidation sites excluding steroid dienone is 4. The molecule has 1 aliphatic rings. The lowest BCUT2D eigenvalue weighted by molar-refractivity contribution is -0.427. The molecule has 0 aromatic rings. The van der Waals surface area contributed by atoms with Crippen molar-refractivity contribution in [2.24, 2.45) is 0 Å². The number of nitrogens with zero attached hydrogens (tertiary/aromatic N) is 1. The van der Waals surface area contributed by atoms with Gasteiger partial charge in [-0.3, -0.25) is 10.1 Å². The Morgan fingerprint density at radius 1 is 1.57 bits per heavy atom. The second-order valence-electron chi connectivity index (χ2n) is 3.09. The molecule has 0 saturated carbocycles. The highest BCUT2D eigenvalue weighted by atomic mass is 16.6. The third kappa shape index (κ3) is 3.20. The Balaban J connectivity index is 2.39. The summed E-state index contributed by atoms with van der Waals surface area (Å²) in [5, 5.41) is 10.4. The van der Waals surface area contributed by atoms with Crippen molar-refractivity contribution < 1.29 is 9.66 Å². The Labute approximate surface area is 83.4 Å². The van der Waals surface area contributed by atoms with Crippen LogP contribution in [0.25, 0.3) is 0 Å². The van der Waals surface area contributed by atoms with E-state index in [0.717, 1.165) is 18.6 Å². The van der Waals surface area contributed by atoms with Crippen molar-refractivity contribution in [3.05, 3.63) is 40.1 Å². The summed E-state index contributed by atoms with van der Waals surface area (Å²) in [6.07, 6.45) is 7.34. The van der Waals surface area contributed by atoms with Gasteiger partial charge in [-0.15, -0.1) is 0 Å². The number of unbranched alkanes of at least 4 members (excludes halogenated alkanes) is 1. The number of rotatable bonds is 5. The molecule has 0 bridgehead atoms. The normalized spacial score (nSPS) is 15.8. The number of hydrogen-bond acceptors (Lipinski definition) is 3. The van der Waals surface area contributed by atoms with E-state index < -0.39 is 0 Å². The van der Waals surface area contributed by atoms with Crippen molar-refractivity contribution in [3.8, 4) is 0 Å². The van der Waals surface area contributed by atoms with Gasteiger partial charge in [-0.1, -0.05) is 13.3 Å². The third-order valence-electron chi connectivity index (χ3n) is 1.95. The van der Waals surface area contributed by atoms with Crippen molar-refractivity contribution in [1.29, 1.82) is 0 Å². The first-order valence-electron chi connectivity index (χ1n) is 4.75. The summed E-state index contributed by atoms with van der Waals surface area (Å²) in [6.45, 7) is 2.77. The van der Waals surface area contributed by atoms with Gasteiger partial charge >= 0.3 is 0 Å². The van der Waals surface area contributed by atoms with Crippen LogP contribution in [-0.2, 0) is 4.74 Å². The van der Waals surface area contributed by atoms with E-state index in [0.29, 0.717) is 13.0 Å². The summed E-state index contributed by atoms with van der Waals surface area (Å²) in [5.41, 5.74) is 0.216. The predicted octanol–water partition coefficient (Wildman–Crippen LogP) is 2.46. The van der Waals surface area contributed by atoms with Gasteiger partial charge < -0.3 is 4.74 Å². The standard InChI is InChI=1S/C10H14NO3/c1-2-3-8-14-10-6-4-9(5-7-10)11(12)13/h4,6-7H,2-3,5,8H2,1H3.